The average molecular weight is 267 g/mol. The van der Waals surface area contributed by atoms with Crippen molar-refractivity contribution in [3.05, 3.63) is 0 Å². The van der Waals surface area contributed by atoms with Crippen molar-refractivity contribution in [3.63, 3.8) is 0 Å². The Morgan fingerprint density at radius 1 is 1.18 bits per heavy atom. The fourth-order valence-electron chi connectivity index (χ4n) is 1.10. The van der Waals surface area contributed by atoms with Crippen molar-refractivity contribution in [2.45, 2.75) is 0 Å². The number of halogens is 1. The van der Waals surface area contributed by atoms with Crippen molar-refractivity contribution >= 4 is 23.4 Å². The van der Waals surface area contributed by atoms with Crippen molar-refractivity contribution in [3.8, 4) is 0 Å². The Balaban J connectivity index is 4.23. The van der Waals surface area contributed by atoms with E-state index in [-0.39, 0.29) is 12.4 Å². The molecule has 0 saturated carbocycles. The fourth-order valence-corrected chi connectivity index (χ4v) is 1.19. The average Bonchev–Trinajstić information content (AvgIpc) is 2.35. The van der Waals surface area contributed by atoms with Gasteiger partial charge in [0, 0.05) is 39.7 Å². The third kappa shape index (κ3) is 7.14. The first-order valence-electron chi connectivity index (χ1n) is 5.28. The van der Waals surface area contributed by atoms with E-state index in [2.05, 4.69) is 5.32 Å². The Labute approximate surface area is 106 Å². The van der Waals surface area contributed by atoms with Gasteiger partial charge in [0.05, 0.1) is 13.2 Å². The number of rotatable bonds is 8. The SMILES string of the molecule is COCCN(CCOC)C(=O)C(=O)NCCCl. The second-order valence-corrected chi connectivity index (χ2v) is 3.60. The van der Waals surface area contributed by atoms with Crippen LogP contribution in [-0.2, 0) is 19.1 Å². The molecule has 0 aliphatic carbocycles. The molecule has 7 heteroatoms. The molecule has 0 bridgehead atoms. The smallest absolute Gasteiger partial charge is 0.312 e. The van der Waals surface area contributed by atoms with E-state index in [0.29, 0.717) is 26.3 Å². The first-order chi connectivity index (χ1) is 8.17. The number of carbonyl (C=O) groups excluding carboxylic acids is 2. The minimum absolute atomic E-state index is 0.272. The lowest BCUT2D eigenvalue weighted by Crippen LogP contribution is -2.46. The van der Waals surface area contributed by atoms with E-state index >= 15 is 0 Å². The van der Waals surface area contributed by atoms with Crippen LogP contribution in [0, 0.1) is 0 Å². The zero-order valence-electron chi connectivity index (χ0n) is 10.2. The van der Waals surface area contributed by atoms with Gasteiger partial charge in [0.2, 0.25) is 0 Å². The quantitative estimate of drug-likeness (QED) is 0.473. The molecule has 0 atom stereocenters. The molecule has 6 nitrogen and oxygen atoms in total. The minimum Gasteiger partial charge on any atom is -0.383 e. The molecule has 0 fully saturated rings. The van der Waals surface area contributed by atoms with Gasteiger partial charge in [-0.1, -0.05) is 0 Å². The lowest BCUT2D eigenvalue weighted by atomic mass is 10.4. The van der Waals surface area contributed by atoms with Gasteiger partial charge in [0.1, 0.15) is 0 Å². The molecular formula is C10H19ClN2O4. The summed E-state index contributed by atoms with van der Waals surface area (Å²) in [5.74, 6) is -0.975. The summed E-state index contributed by atoms with van der Waals surface area (Å²) in [6.45, 7) is 1.73. The van der Waals surface area contributed by atoms with Crippen LogP contribution in [0.1, 0.15) is 0 Å². The second-order valence-electron chi connectivity index (χ2n) is 3.22. The van der Waals surface area contributed by atoms with Crippen LogP contribution in [0.5, 0.6) is 0 Å². The third-order valence-corrected chi connectivity index (χ3v) is 2.18. The summed E-state index contributed by atoms with van der Waals surface area (Å²) in [5, 5.41) is 2.42. The van der Waals surface area contributed by atoms with Crippen molar-refractivity contribution in [1.82, 2.24) is 10.2 Å². The zero-order chi connectivity index (χ0) is 13.1. The van der Waals surface area contributed by atoms with Gasteiger partial charge in [-0.3, -0.25) is 9.59 Å². The molecule has 0 saturated heterocycles. The largest absolute Gasteiger partial charge is 0.383 e. The van der Waals surface area contributed by atoms with E-state index in [4.69, 9.17) is 21.1 Å². The molecule has 17 heavy (non-hydrogen) atoms. The van der Waals surface area contributed by atoms with E-state index in [1.165, 1.54) is 19.1 Å². The number of hydrogen-bond donors (Lipinski definition) is 1. The summed E-state index contributed by atoms with van der Waals surface area (Å²) in [7, 11) is 3.07. The number of amides is 2. The van der Waals surface area contributed by atoms with Gasteiger partial charge in [-0.05, 0) is 0 Å². The molecule has 1 N–H and O–H groups in total. The number of hydrogen-bond acceptors (Lipinski definition) is 4. The molecule has 100 valence electrons. The summed E-state index contributed by atoms with van der Waals surface area (Å²) >= 11 is 5.42. The number of nitrogens with zero attached hydrogens (tertiary/aromatic N) is 1. The molecule has 0 radical (unpaired) electrons. The lowest BCUT2D eigenvalue weighted by Gasteiger charge is -2.21. The van der Waals surface area contributed by atoms with Crippen LogP contribution in [0.3, 0.4) is 0 Å². The third-order valence-electron chi connectivity index (χ3n) is 1.99. The molecule has 0 aliphatic rings. The van der Waals surface area contributed by atoms with Crippen LogP contribution in [0.15, 0.2) is 0 Å². The van der Waals surface area contributed by atoms with Crippen LogP contribution in [0.2, 0.25) is 0 Å². The van der Waals surface area contributed by atoms with E-state index in [0.717, 1.165) is 0 Å². The zero-order valence-corrected chi connectivity index (χ0v) is 11.0. The number of nitrogens with one attached hydrogen (secondary N) is 1. The number of ether oxygens (including phenoxy) is 2. The van der Waals surface area contributed by atoms with Crippen LogP contribution < -0.4 is 5.32 Å². The first kappa shape index (κ1) is 16.1. The summed E-state index contributed by atoms with van der Waals surface area (Å²) in [6, 6.07) is 0. The molecule has 0 spiro atoms. The molecule has 0 rings (SSSR count). The second kappa shape index (κ2) is 10.3. The summed E-state index contributed by atoms with van der Waals surface area (Å²) in [5.41, 5.74) is 0. The van der Waals surface area contributed by atoms with Crippen molar-refractivity contribution in [2.24, 2.45) is 0 Å². The monoisotopic (exact) mass is 266 g/mol. The predicted octanol–water partition coefficient (Wildman–Crippen LogP) is -0.537. The molecule has 0 heterocycles. The van der Waals surface area contributed by atoms with Crippen molar-refractivity contribution in [2.75, 3.05) is 52.9 Å². The van der Waals surface area contributed by atoms with Crippen LogP contribution in [-0.4, -0.2) is 69.7 Å². The normalized spacial score (nSPS) is 10.1. The number of carbonyl (C=O) groups is 2. The highest BCUT2D eigenvalue weighted by atomic mass is 35.5. The van der Waals surface area contributed by atoms with Gasteiger partial charge in [-0.15, -0.1) is 11.6 Å². The molecule has 0 aromatic rings. The number of alkyl halides is 1. The first-order valence-corrected chi connectivity index (χ1v) is 5.81. The summed E-state index contributed by atoms with van der Waals surface area (Å²) in [4.78, 5) is 24.5. The fraction of sp³-hybridized carbons (Fsp3) is 0.800. The maximum Gasteiger partial charge on any atom is 0.312 e. The van der Waals surface area contributed by atoms with E-state index in [1.54, 1.807) is 0 Å². The molecular weight excluding hydrogens is 248 g/mol. The Bertz CT molecular complexity index is 230. The predicted molar refractivity (Wildman–Crippen MR) is 64.1 cm³/mol. The lowest BCUT2D eigenvalue weighted by molar-refractivity contribution is -0.146. The Hall–Kier alpha value is -0.850. The molecule has 0 unspecified atom stereocenters. The topological polar surface area (TPSA) is 67.9 Å². The van der Waals surface area contributed by atoms with Gasteiger partial charge in [0.15, 0.2) is 0 Å². The summed E-state index contributed by atoms with van der Waals surface area (Å²) in [6.07, 6.45) is 0. The highest BCUT2D eigenvalue weighted by Gasteiger charge is 2.20. The molecule has 0 aliphatic heterocycles. The van der Waals surface area contributed by atoms with E-state index in [9.17, 15) is 9.59 Å². The Morgan fingerprint density at radius 3 is 2.12 bits per heavy atom. The van der Waals surface area contributed by atoms with Crippen molar-refractivity contribution < 1.29 is 19.1 Å². The van der Waals surface area contributed by atoms with Crippen molar-refractivity contribution in [1.29, 1.82) is 0 Å². The van der Waals surface area contributed by atoms with Gasteiger partial charge in [-0.25, -0.2) is 0 Å². The van der Waals surface area contributed by atoms with E-state index < -0.39 is 11.8 Å². The van der Waals surface area contributed by atoms with Crippen LogP contribution in [0.25, 0.3) is 0 Å². The van der Waals surface area contributed by atoms with Gasteiger partial charge in [-0.2, -0.15) is 0 Å². The number of methoxy groups -OCH3 is 2. The minimum atomic E-state index is -0.655. The highest BCUT2D eigenvalue weighted by Crippen LogP contribution is 1.92. The van der Waals surface area contributed by atoms with Gasteiger partial charge >= 0.3 is 11.8 Å². The maximum absolute atomic E-state index is 11.7. The van der Waals surface area contributed by atoms with Crippen LogP contribution in [0.4, 0.5) is 0 Å². The molecule has 0 aromatic carbocycles. The molecule has 2 amide bonds. The molecule has 0 aromatic heterocycles. The van der Waals surface area contributed by atoms with Gasteiger partial charge < -0.3 is 19.7 Å². The summed E-state index contributed by atoms with van der Waals surface area (Å²) < 4.78 is 9.75. The Morgan fingerprint density at radius 2 is 1.71 bits per heavy atom. The van der Waals surface area contributed by atoms with Crippen LogP contribution >= 0.6 is 11.6 Å². The highest BCUT2D eigenvalue weighted by molar-refractivity contribution is 6.35. The van der Waals surface area contributed by atoms with Gasteiger partial charge in [0.25, 0.3) is 0 Å². The standard InChI is InChI=1S/C10H19ClN2O4/c1-16-7-5-13(6-8-17-2)10(15)9(14)12-4-3-11/h3-8H2,1-2H3,(H,12,14). The Kier molecular flexibility index (Phi) is 9.80. The van der Waals surface area contributed by atoms with E-state index in [1.807, 2.05) is 0 Å². The maximum atomic E-state index is 11.7.